The number of hydrogen-bond donors (Lipinski definition) is 0. The number of halogens is 2. The number of carbonyl (C=O) groups excluding carboxylic acids is 1. The van der Waals surface area contributed by atoms with E-state index in [1.807, 2.05) is 36.4 Å². The first-order chi connectivity index (χ1) is 13.3. The number of rotatable bonds is 7. The monoisotopic (exact) mass is 382 g/mol. The van der Waals surface area contributed by atoms with Gasteiger partial charge in [-0.3, -0.25) is 0 Å². The summed E-state index contributed by atoms with van der Waals surface area (Å²) in [4.78, 5) is 11.2. The van der Waals surface area contributed by atoms with E-state index in [1.54, 1.807) is 19.1 Å². The van der Waals surface area contributed by atoms with E-state index in [0.717, 1.165) is 17.5 Å². The summed E-state index contributed by atoms with van der Waals surface area (Å²) in [7, 11) is 0. The van der Waals surface area contributed by atoms with Crippen molar-refractivity contribution < 1.29 is 18.3 Å². The second-order valence-electron chi connectivity index (χ2n) is 7.66. The van der Waals surface area contributed by atoms with Crippen LogP contribution in [0.2, 0.25) is 0 Å². The molecule has 1 saturated carbocycles. The third kappa shape index (κ3) is 5.92. The lowest BCUT2D eigenvalue weighted by Crippen LogP contribution is -2.05. The van der Waals surface area contributed by atoms with Crippen molar-refractivity contribution in [3.63, 3.8) is 0 Å². The Balaban J connectivity index is 1.52. The third-order valence-corrected chi connectivity index (χ3v) is 4.79. The van der Waals surface area contributed by atoms with E-state index in [0.29, 0.717) is 18.1 Å². The van der Waals surface area contributed by atoms with Crippen LogP contribution in [0.15, 0.2) is 48.5 Å². The summed E-state index contributed by atoms with van der Waals surface area (Å²) in [5.41, 5.74) is 2.95. The predicted molar refractivity (Wildman–Crippen MR) is 106 cm³/mol. The summed E-state index contributed by atoms with van der Waals surface area (Å²) in [6, 6.07) is 15.2. The van der Waals surface area contributed by atoms with Gasteiger partial charge in [0.2, 0.25) is 0 Å². The zero-order valence-corrected chi connectivity index (χ0v) is 16.2. The molecule has 2 aromatic rings. The third-order valence-electron chi connectivity index (χ3n) is 4.79. The molecule has 0 spiro atoms. The Morgan fingerprint density at radius 3 is 2.14 bits per heavy atom. The van der Waals surface area contributed by atoms with Gasteiger partial charge in [-0.25, -0.2) is 8.78 Å². The van der Waals surface area contributed by atoms with Crippen LogP contribution in [0.3, 0.4) is 0 Å². The minimum absolute atomic E-state index is 0.0510. The maximum Gasteiger partial charge on any atom is 0.255 e. The predicted octanol–water partition coefficient (Wildman–Crippen LogP) is 5.28. The van der Waals surface area contributed by atoms with Gasteiger partial charge in [-0.1, -0.05) is 30.9 Å². The summed E-state index contributed by atoms with van der Waals surface area (Å²) < 4.78 is 31.1. The first kappa shape index (κ1) is 20.1. The van der Waals surface area contributed by atoms with E-state index in [2.05, 4.69) is 18.8 Å². The zero-order chi connectivity index (χ0) is 20.1. The van der Waals surface area contributed by atoms with Crippen molar-refractivity contribution in [2.75, 3.05) is 6.61 Å². The summed E-state index contributed by atoms with van der Waals surface area (Å²) in [6.07, 6.45) is 1.40. The highest BCUT2D eigenvalue weighted by Crippen LogP contribution is 2.48. The molecule has 1 aliphatic carbocycles. The Morgan fingerprint density at radius 1 is 1.11 bits per heavy atom. The zero-order valence-electron chi connectivity index (χ0n) is 16.2. The Labute approximate surface area is 164 Å². The van der Waals surface area contributed by atoms with Gasteiger partial charge >= 0.3 is 0 Å². The van der Waals surface area contributed by atoms with Gasteiger partial charge in [0.15, 0.2) is 0 Å². The second-order valence-corrected chi connectivity index (χ2v) is 7.66. The average molecular weight is 382 g/mol. The van der Waals surface area contributed by atoms with Crippen LogP contribution in [0, 0.1) is 23.7 Å². The Morgan fingerprint density at radius 2 is 1.64 bits per heavy atom. The van der Waals surface area contributed by atoms with E-state index in [4.69, 9.17) is 4.74 Å². The quantitative estimate of drug-likeness (QED) is 0.609. The minimum atomic E-state index is -2.55. The van der Waals surface area contributed by atoms with E-state index in [9.17, 15) is 13.6 Å². The van der Waals surface area contributed by atoms with Crippen LogP contribution in [0.1, 0.15) is 43.4 Å². The first-order valence-electron chi connectivity index (χ1n) is 9.53. The van der Waals surface area contributed by atoms with Crippen molar-refractivity contribution in [1.82, 2.24) is 0 Å². The maximum atomic E-state index is 12.9. The van der Waals surface area contributed by atoms with Gasteiger partial charge in [0, 0.05) is 24.0 Å². The van der Waals surface area contributed by atoms with Crippen molar-refractivity contribution in [3.8, 4) is 17.6 Å². The number of benzene rings is 2. The highest BCUT2D eigenvalue weighted by molar-refractivity contribution is 5.75. The normalized spacial score (nSPS) is 17.9. The standard InChI is InChI=1S/C24H24F2O2/c1-17(13-18(2)27)14-21-7-5-19(6-8-21)3-4-20-9-11-23(12-10-20)28-16-22-15-24(22,25)26/h5-12,17,22H,13-16H2,1-2H3. The van der Waals surface area contributed by atoms with Crippen molar-refractivity contribution >= 4 is 5.78 Å². The molecule has 1 aliphatic rings. The fraction of sp³-hybridized carbons (Fsp3) is 0.375. The van der Waals surface area contributed by atoms with Gasteiger partial charge in [-0.05, 0) is 61.2 Å². The lowest BCUT2D eigenvalue weighted by Gasteiger charge is -2.09. The van der Waals surface area contributed by atoms with Gasteiger partial charge in [-0.15, -0.1) is 0 Å². The molecule has 0 N–H and O–H groups in total. The summed E-state index contributed by atoms with van der Waals surface area (Å²) >= 11 is 0. The number of carbonyl (C=O) groups is 1. The molecule has 1 fully saturated rings. The molecule has 2 unspecified atom stereocenters. The fourth-order valence-electron chi connectivity index (χ4n) is 3.12. The van der Waals surface area contributed by atoms with E-state index in [-0.39, 0.29) is 18.8 Å². The van der Waals surface area contributed by atoms with Crippen LogP contribution in [0.5, 0.6) is 5.75 Å². The molecule has 2 atom stereocenters. The van der Waals surface area contributed by atoms with Crippen LogP contribution in [-0.4, -0.2) is 18.3 Å². The molecule has 3 rings (SSSR count). The smallest absolute Gasteiger partial charge is 0.255 e. The molecule has 0 aliphatic heterocycles. The molecule has 2 nitrogen and oxygen atoms in total. The molecular formula is C24H24F2O2. The summed E-state index contributed by atoms with van der Waals surface area (Å²) in [6.45, 7) is 3.76. The molecule has 0 saturated heterocycles. The minimum Gasteiger partial charge on any atom is -0.493 e. The molecule has 0 radical (unpaired) electrons. The molecule has 0 bridgehead atoms. The molecule has 4 heteroatoms. The van der Waals surface area contributed by atoms with Gasteiger partial charge in [0.25, 0.3) is 5.92 Å². The van der Waals surface area contributed by atoms with Crippen molar-refractivity contribution in [2.24, 2.45) is 11.8 Å². The fourth-order valence-corrected chi connectivity index (χ4v) is 3.12. The Kier molecular flexibility index (Phi) is 6.14. The van der Waals surface area contributed by atoms with Crippen LogP contribution in [-0.2, 0) is 11.2 Å². The highest BCUT2D eigenvalue weighted by atomic mass is 19.3. The van der Waals surface area contributed by atoms with Crippen molar-refractivity contribution in [1.29, 1.82) is 0 Å². The number of alkyl halides is 2. The molecule has 146 valence electrons. The van der Waals surface area contributed by atoms with Crippen LogP contribution < -0.4 is 4.74 Å². The number of ketones is 1. The van der Waals surface area contributed by atoms with Crippen molar-refractivity contribution in [2.45, 2.75) is 39.0 Å². The van der Waals surface area contributed by atoms with Gasteiger partial charge in [-0.2, -0.15) is 0 Å². The molecular weight excluding hydrogens is 358 g/mol. The van der Waals surface area contributed by atoms with Crippen molar-refractivity contribution in [3.05, 3.63) is 65.2 Å². The summed E-state index contributed by atoms with van der Waals surface area (Å²) in [5, 5.41) is 0. The van der Waals surface area contributed by atoms with Gasteiger partial charge in [0.1, 0.15) is 11.5 Å². The second kappa shape index (κ2) is 8.56. The number of ether oxygens (including phenoxy) is 1. The molecule has 2 aromatic carbocycles. The van der Waals surface area contributed by atoms with Crippen LogP contribution in [0.4, 0.5) is 8.78 Å². The maximum absolute atomic E-state index is 12.9. The first-order valence-corrected chi connectivity index (χ1v) is 9.53. The average Bonchev–Trinajstić information content (AvgIpc) is 3.26. The molecule has 0 heterocycles. The topological polar surface area (TPSA) is 26.3 Å². The lowest BCUT2D eigenvalue weighted by molar-refractivity contribution is -0.117. The molecule has 0 aromatic heterocycles. The lowest BCUT2D eigenvalue weighted by atomic mass is 9.96. The molecule has 0 amide bonds. The van der Waals surface area contributed by atoms with Crippen LogP contribution in [0.25, 0.3) is 0 Å². The van der Waals surface area contributed by atoms with Gasteiger partial charge in [0.05, 0.1) is 12.5 Å². The van der Waals surface area contributed by atoms with Crippen LogP contribution >= 0.6 is 0 Å². The molecule has 28 heavy (non-hydrogen) atoms. The number of hydrogen-bond acceptors (Lipinski definition) is 2. The van der Waals surface area contributed by atoms with E-state index < -0.39 is 11.8 Å². The Bertz CT molecular complexity index is 874. The van der Waals surface area contributed by atoms with E-state index in [1.165, 1.54) is 5.56 Å². The summed E-state index contributed by atoms with van der Waals surface area (Å²) in [5.74, 6) is 4.15. The number of Topliss-reactive ketones (excluding diaryl/α,β-unsaturated/α-hetero) is 1. The SMILES string of the molecule is CC(=O)CC(C)Cc1ccc(C#Cc2ccc(OCC3CC3(F)F)cc2)cc1. The van der Waals surface area contributed by atoms with E-state index >= 15 is 0 Å². The largest absolute Gasteiger partial charge is 0.493 e. The highest BCUT2D eigenvalue weighted by Gasteiger charge is 2.57. The Hall–Kier alpha value is -2.67. The van der Waals surface area contributed by atoms with Gasteiger partial charge < -0.3 is 9.53 Å².